The maximum atomic E-state index is 13.5. The van der Waals surface area contributed by atoms with Crippen LogP contribution in [0.3, 0.4) is 0 Å². The molecule has 0 aliphatic carbocycles. The van der Waals surface area contributed by atoms with E-state index < -0.39 is 16.1 Å². The van der Waals surface area contributed by atoms with Crippen LogP contribution in [0.4, 0.5) is 11.4 Å². The summed E-state index contributed by atoms with van der Waals surface area (Å²) in [6.07, 6.45) is 1.64. The lowest BCUT2D eigenvalue weighted by molar-refractivity contribution is -0.114. The number of carbonyl (C=O) groups excluding carboxylic acids is 1. The van der Waals surface area contributed by atoms with Crippen LogP contribution in [0.2, 0.25) is 0 Å². The second kappa shape index (κ2) is 8.22. The van der Waals surface area contributed by atoms with Crippen molar-refractivity contribution in [1.82, 2.24) is 4.98 Å². The number of anilines is 2. The topological polar surface area (TPSA) is 79.4 Å². The summed E-state index contributed by atoms with van der Waals surface area (Å²) < 4.78 is 28.3. The third-order valence-electron chi connectivity index (χ3n) is 4.21. The Morgan fingerprint density at radius 2 is 1.61 bits per heavy atom. The van der Waals surface area contributed by atoms with Gasteiger partial charge in [0, 0.05) is 18.8 Å². The quantitative estimate of drug-likeness (QED) is 0.684. The Kier molecular flexibility index (Phi) is 5.75. The molecule has 1 heterocycles. The van der Waals surface area contributed by atoms with Crippen molar-refractivity contribution < 1.29 is 13.2 Å². The molecule has 0 saturated carbocycles. The highest BCUT2D eigenvalue weighted by molar-refractivity contribution is 7.92. The lowest BCUT2D eigenvalue weighted by atomic mass is 10.2. The fourth-order valence-electron chi connectivity index (χ4n) is 2.92. The molecule has 1 aromatic heterocycles. The number of sulfonamides is 1. The number of amides is 1. The highest BCUT2D eigenvalue weighted by atomic mass is 32.2. The van der Waals surface area contributed by atoms with Gasteiger partial charge >= 0.3 is 0 Å². The van der Waals surface area contributed by atoms with Crippen molar-refractivity contribution in [3.8, 4) is 0 Å². The van der Waals surface area contributed by atoms with E-state index >= 15 is 0 Å². The van der Waals surface area contributed by atoms with Crippen LogP contribution in [0, 0.1) is 0 Å². The third kappa shape index (κ3) is 4.20. The Hall–Kier alpha value is -3.19. The molecule has 144 valence electrons. The number of pyridine rings is 1. The van der Waals surface area contributed by atoms with Gasteiger partial charge in [0.05, 0.1) is 22.3 Å². The van der Waals surface area contributed by atoms with Crippen molar-refractivity contribution in [1.29, 1.82) is 0 Å². The number of para-hydroxylation sites is 1. The molecule has 0 fully saturated rings. The van der Waals surface area contributed by atoms with E-state index in [0.29, 0.717) is 17.1 Å². The lowest BCUT2D eigenvalue weighted by Crippen LogP contribution is -2.34. The summed E-state index contributed by atoms with van der Waals surface area (Å²) >= 11 is 0. The summed E-state index contributed by atoms with van der Waals surface area (Å²) in [7, 11) is -3.87. The minimum atomic E-state index is -3.87. The molecule has 0 bridgehead atoms. The van der Waals surface area contributed by atoms with Gasteiger partial charge in [-0.05, 0) is 55.5 Å². The normalized spacial score (nSPS) is 12.2. The Balaban J connectivity index is 2.05. The predicted molar refractivity (Wildman–Crippen MR) is 110 cm³/mol. The highest BCUT2D eigenvalue weighted by Crippen LogP contribution is 2.32. The maximum Gasteiger partial charge on any atom is 0.264 e. The highest BCUT2D eigenvalue weighted by Gasteiger charge is 2.30. The first kappa shape index (κ1) is 19.6. The molecule has 0 aliphatic heterocycles. The van der Waals surface area contributed by atoms with Gasteiger partial charge in [0.15, 0.2) is 0 Å². The first-order chi connectivity index (χ1) is 13.4. The Morgan fingerprint density at radius 1 is 0.964 bits per heavy atom. The number of aromatic nitrogens is 1. The van der Waals surface area contributed by atoms with E-state index in [1.54, 1.807) is 61.7 Å². The van der Waals surface area contributed by atoms with Crippen LogP contribution in [0.25, 0.3) is 0 Å². The number of nitrogens with one attached hydrogen (secondary N) is 1. The average molecular weight is 395 g/mol. The van der Waals surface area contributed by atoms with Crippen LogP contribution >= 0.6 is 0 Å². The van der Waals surface area contributed by atoms with E-state index in [1.165, 1.54) is 23.4 Å². The number of carbonyl (C=O) groups is 1. The number of nitrogens with zero attached hydrogens (tertiary/aromatic N) is 2. The van der Waals surface area contributed by atoms with Crippen LogP contribution in [-0.4, -0.2) is 19.3 Å². The van der Waals surface area contributed by atoms with Crippen LogP contribution in [0.5, 0.6) is 0 Å². The predicted octanol–water partition coefficient (Wildman–Crippen LogP) is 4.00. The molecule has 1 atom stereocenters. The number of hydrogen-bond acceptors (Lipinski definition) is 4. The van der Waals surface area contributed by atoms with Crippen LogP contribution in [0.1, 0.15) is 25.6 Å². The summed E-state index contributed by atoms with van der Waals surface area (Å²) in [5.74, 6) is -0.217. The molecule has 0 saturated heterocycles. The summed E-state index contributed by atoms with van der Waals surface area (Å²) in [6.45, 7) is 3.20. The first-order valence-electron chi connectivity index (χ1n) is 8.77. The minimum absolute atomic E-state index is 0.133. The number of hydrogen-bond donors (Lipinski definition) is 1. The van der Waals surface area contributed by atoms with E-state index in [4.69, 9.17) is 0 Å². The first-order valence-corrected chi connectivity index (χ1v) is 10.2. The zero-order valence-electron chi connectivity index (χ0n) is 15.6. The molecule has 1 unspecified atom stereocenters. The molecule has 0 aliphatic rings. The van der Waals surface area contributed by atoms with Crippen molar-refractivity contribution >= 4 is 27.3 Å². The standard InChI is InChI=1S/C21H21N3O3S/c1-16(21-10-6-7-15-22-21)24(19-8-4-3-5-9-19)28(26,27)20-13-11-18(12-14-20)23-17(2)25/h3-16H,1-2H3,(H,23,25). The van der Waals surface area contributed by atoms with Gasteiger partial charge in [-0.1, -0.05) is 24.3 Å². The average Bonchev–Trinajstić information content (AvgIpc) is 2.69. The van der Waals surface area contributed by atoms with Crippen LogP contribution in [-0.2, 0) is 14.8 Å². The maximum absolute atomic E-state index is 13.5. The fraction of sp³-hybridized carbons (Fsp3) is 0.143. The molecular formula is C21H21N3O3S. The van der Waals surface area contributed by atoms with E-state index in [0.717, 1.165) is 0 Å². The Morgan fingerprint density at radius 3 is 2.18 bits per heavy atom. The second-order valence-corrected chi connectivity index (χ2v) is 8.09. The van der Waals surface area contributed by atoms with Crippen molar-refractivity contribution in [2.75, 3.05) is 9.62 Å². The van der Waals surface area contributed by atoms with Gasteiger partial charge in [0.1, 0.15) is 0 Å². The molecule has 28 heavy (non-hydrogen) atoms. The monoisotopic (exact) mass is 395 g/mol. The van der Waals surface area contributed by atoms with Gasteiger partial charge in [0.25, 0.3) is 10.0 Å². The van der Waals surface area contributed by atoms with Crippen LogP contribution in [0.15, 0.2) is 83.9 Å². The molecule has 7 heteroatoms. The summed E-state index contributed by atoms with van der Waals surface area (Å²) in [5.41, 5.74) is 1.73. The van der Waals surface area contributed by atoms with E-state index in [9.17, 15) is 13.2 Å². The molecule has 0 spiro atoms. The van der Waals surface area contributed by atoms with Gasteiger partial charge in [-0.15, -0.1) is 0 Å². The Labute approximate surface area is 164 Å². The van der Waals surface area contributed by atoms with Gasteiger partial charge < -0.3 is 5.32 Å². The van der Waals surface area contributed by atoms with Crippen molar-refractivity contribution in [3.63, 3.8) is 0 Å². The molecule has 0 radical (unpaired) electrons. The zero-order valence-corrected chi connectivity index (χ0v) is 16.4. The smallest absolute Gasteiger partial charge is 0.264 e. The van der Waals surface area contributed by atoms with Crippen molar-refractivity contribution in [3.05, 3.63) is 84.7 Å². The molecule has 2 aromatic carbocycles. The molecule has 1 amide bonds. The molecule has 3 aromatic rings. The third-order valence-corrected chi connectivity index (χ3v) is 6.12. The fourth-order valence-corrected chi connectivity index (χ4v) is 4.55. The molecular weight excluding hydrogens is 374 g/mol. The number of rotatable bonds is 6. The summed E-state index contributed by atoms with van der Waals surface area (Å²) in [4.78, 5) is 15.6. The van der Waals surface area contributed by atoms with Crippen molar-refractivity contribution in [2.24, 2.45) is 0 Å². The second-order valence-electron chi connectivity index (χ2n) is 6.27. The Bertz CT molecular complexity index is 1040. The van der Waals surface area contributed by atoms with E-state index in [-0.39, 0.29) is 10.8 Å². The van der Waals surface area contributed by atoms with Gasteiger partial charge in [-0.2, -0.15) is 0 Å². The van der Waals surface area contributed by atoms with E-state index in [2.05, 4.69) is 10.3 Å². The minimum Gasteiger partial charge on any atom is -0.326 e. The van der Waals surface area contributed by atoms with Gasteiger partial charge in [0.2, 0.25) is 5.91 Å². The number of benzene rings is 2. The van der Waals surface area contributed by atoms with Crippen LogP contribution < -0.4 is 9.62 Å². The van der Waals surface area contributed by atoms with Gasteiger partial charge in [-0.25, -0.2) is 8.42 Å². The SMILES string of the molecule is CC(=O)Nc1ccc(S(=O)(=O)N(c2ccccc2)C(C)c2ccccn2)cc1. The van der Waals surface area contributed by atoms with Gasteiger partial charge in [-0.3, -0.25) is 14.1 Å². The lowest BCUT2D eigenvalue weighted by Gasteiger charge is -2.30. The zero-order chi connectivity index (χ0) is 20.1. The summed E-state index contributed by atoms with van der Waals surface area (Å²) in [5, 5.41) is 2.64. The van der Waals surface area contributed by atoms with Crippen molar-refractivity contribution in [2.45, 2.75) is 24.8 Å². The van der Waals surface area contributed by atoms with E-state index in [1.807, 2.05) is 12.1 Å². The summed E-state index contributed by atoms with van der Waals surface area (Å²) in [6, 6.07) is 20.0. The largest absolute Gasteiger partial charge is 0.326 e. The molecule has 1 N–H and O–H groups in total. The molecule has 3 rings (SSSR count). The molecule has 6 nitrogen and oxygen atoms in total.